The molecule has 0 atom stereocenters. The number of furan rings is 1. The number of anilines is 3. The van der Waals surface area contributed by atoms with E-state index in [-0.39, 0.29) is 0 Å². The second-order valence-corrected chi connectivity index (χ2v) is 11.8. The maximum Gasteiger partial charge on any atom is 0.136 e. The number of benzene rings is 8. The van der Waals surface area contributed by atoms with Crippen LogP contribution in [0, 0.1) is 0 Å². The summed E-state index contributed by atoms with van der Waals surface area (Å²) in [6.07, 6.45) is 0. The van der Waals surface area contributed by atoms with Gasteiger partial charge in [-0.3, -0.25) is 0 Å². The molecule has 0 spiro atoms. The Morgan fingerprint density at radius 2 is 0.978 bits per heavy atom. The van der Waals surface area contributed by atoms with Crippen LogP contribution in [-0.4, -0.2) is 0 Å². The number of nitrogens with zero attached hydrogens (tertiary/aromatic N) is 1. The van der Waals surface area contributed by atoms with Crippen molar-refractivity contribution in [2.45, 2.75) is 0 Å². The Labute approximate surface area is 267 Å². The van der Waals surface area contributed by atoms with Gasteiger partial charge in [0.25, 0.3) is 0 Å². The van der Waals surface area contributed by atoms with Crippen LogP contribution in [0.1, 0.15) is 0 Å². The van der Waals surface area contributed by atoms with Crippen molar-refractivity contribution in [1.82, 2.24) is 0 Å². The van der Waals surface area contributed by atoms with Gasteiger partial charge in [-0.05, 0) is 86.9 Å². The van der Waals surface area contributed by atoms with Crippen LogP contribution >= 0.6 is 0 Å². The van der Waals surface area contributed by atoms with Gasteiger partial charge in [0.2, 0.25) is 0 Å². The molecule has 8 aromatic carbocycles. The molecule has 9 rings (SSSR count). The molecule has 0 N–H and O–H groups in total. The molecule has 1 aromatic heterocycles. The Morgan fingerprint density at radius 1 is 0.348 bits per heavy atom. The Kier molecular flexibility index (Phi) is 6.17. The number of hydrogen-bond acceptors (Lipinski definition) is 2. The van der Waals surface area contributed by atoms with E-state index >= 15 is 0 Å². The van der Waals surface area contributed by atoms with Gasteiger partial charge in [-0.15, -0.1) is 0 Å². The molecule has 0 radical (unpaired) electrons. The highest BCUT2D eigenvalue weighted by atomic mass is 16.3. The summed E-state index contributed by atoms with van der Waals surface area (Å²) in [5, 5.41) is 7.03. The van der Waals surface area contributed by atoms with Crippen LogP contribution < -0.4 is 4.90 Å². The number of rotatable bonds is 5. The van der Waals surface area contributed by atoms with E-state index in [0.717, 1.165) is 44.4 Å². The fourth-order valence-corrected chi connectivity index (χ4v) is 6.80. The van der Waals surface area contributed by atoms with E-state index in [1.165, 1.54) is 38.4 Å². The monoisotopic (exact) mass is 587 g/mol. The van der Waals surface area contributed by atoms with E-state index in [4.69, 9.17) is 4.42 Å². The number of para-hydroxylation sites is 1. The van der Waals surface area contributed by atoms with Gasteiger partial charge >= 0.3 is 0 Å². The lowest BCUT2D eigenvalue weighted by Gasteiger charge is -2.28. The van der Waals surface area contributed by atoms with Crippen LogP contribution in [0.5, 0.6) is 0 Å². The third-order valence-electron chi connectivity index (χ3n) is 9.04. The van der Waals surface area contributed by atoms with Crippen LogP contribution in [0.25, 0.3) is 65.7 Å². The molecule has 46 heavy (non-hydrogen) atoms. The van der Waals surface area contributed by atoms with Crippen molar-refractivity contribution in [3.63, 3.8) is 0 Å². The lowest BCUT2D eigenvalue weighted by Crippen LogP contribution is -2.10. The zero-order valence-electron chi connectivity index (χ0n) is 25.1. The van der Waals surface area contributed by atoms with Gasteiger partial charge in [0.1, 0.15) is 11.2 Å². The van der Waals surface area contributed by atoms with E-state index in [2.05, 4.69) is 169 Å². The Bertz CT molecular complexity index is 2510. The summed E-state index contributed by atoms with van der Waals surface area (Å²) in [4.78, 5) is 2.39. The first-order valence-electron chi connectivity index (χ1n) is 15.7. The van der Waals surface area contributed by atoms with Gasteiger partial charge in [0.05, 0.1) is 5.69 Å². The van der Waals surface area contributed by atoms with Crippen LogP contribution in [0.15, 0.2) is 180 Å². The molecule has 0 saturated carbocycles. The second-order valence-electron chi connectivity index (χ2n) is 11.8. The zero-order chi connectivity index (χ0) is 30.5. The Morgan fingerprint density at radius 3 is 1.76 bits per heavy atom. The molecule has 1 heterocycles. The van der Waals surface area contributed by atoms with Gasteiger partial charge in [-0.1, -0.05) is 127 Å². The van der Waals surface area contributed by atoms with E-state index in [9.17, 15) is 0 Å². The first-order chi connectivity index (χ1) is 22.8. The first kappa shape index (κ1) is 26.3. The lowest BCUT2D eigenvalue weighted by atomic mass is 9.96. The average Bonchev–Trinajstić information content (AvgIpc) is 3.49. The summed E-state index contributed by atoms with van der Waals surface area (Å²) < 4.78 is 6.21. The summed E-state index contributed by atoms with van der Waals surface area (Å²) in [6, 6.07) is 62.9. The van der Waals surface area contributed by atoms with E-state index in [1.54, 1.807) is 0 Å². The second kappa shape index (κ2) is 10.8. The highest BCUT2D eigenvalue weighted by Crippen LogP contribution is 2.43. The lowest BCUT2D eigenvalue weighted by molar-refractivity contribution is 0.669. The largest absolute Gasteiger partial charge is 0.456 e. The molecule has 0 saturated heterocycles. The molecule has 0 aliphatic heterocycles. The third kappa shape index (κ3) is 4.43. The summed E-state index contributed by atoms with van der Waals surface area (Å²) in [7, 11) is 0. The van der Waals surface area contributed by atoms with Crippen LogP contribution in [0.3, 0.4) is 0 Å². The minimum Gasteiger partial charge on any atom is -0.456 e. The highest BCUT2D eigenvalue weighted by molar-refractivity contribution is 6.11. The van der Waals surface area contributed by atoms with Crippen molar-refractivity contribution in [2.75, 3.05) is 4.90 Å². The molecule has 9 aromatic rings. The summed E-state index contributed by atoms with van der Waals surface area (Å²) >= 11 is 0. The normalized spacial score (nSPS) is 11.5. The summed E-state index contributed by atoms with van der Waals surface area (Å²) in [5.41, 5.74) is 10.0. The van der Waals surface area contributed by atoms with Gasteiger partial charge in [0.15, 0.2) is 0 Å². The maximum absolute atomic E-state index is 6.21. The smallest absolute Gasteiger partial charge is 0.136 e. The summed E-state index contributed by atoms with van der Waals surface area (Å²) in [5.74, 6) is 0. The average molecular weight is 588 g/mol. The standard InChI is InChI=1S/C44H29NO/c1-3-11-30(12-4-1)31-19-22-35(23-20-31)45(42-26-25-37(32-13-5-2-6-14-32)38-15-7-8-16-39(38)42)36-24-21-33-29-44-41(28-34(33)27-36)40-17-9-10-18-43(40)46-44/h1-29H. The predicted molar refractivity (Wildman–Crippen MR) is 194 cm³/mol. The molecule has 0 unspecified atom stereocenters. The number of hydrogen-bond donors (Lipinski definition) is 0. The van der Waals surface area contributed by atoms with Crippen LogP contribution in [0.4, 0.5) is 17.1 Å². The molecule has 0 aliphatic carbocycles. The van der Waals surface area contributed by atoms with Crippen molar-refractivity contribution in [3.8, 4) is 22.3 Å². The van der Waals surface area contributed by atoms with Gasteiger partial charge in [-0.2, -0.15) is 0 Å². The zero-order valence-corrected chi connectivity index (χ0v) is 25.1. The van der Waals surface area contributed by atoms with Crippen molar-refractivity contribution in [2.24, 2.45) is 0 Å². The van der Waals surface area contributed by atoms with Crippen LogP contribution in [-0.2, 0) is 0 Å². The molecule has 0 bridgehead atoms. The minimum absolute atomic E-state index is 0.914. The topological polar surface area (TPSA) is 16.4 Å². The van der Waals surface area contributed by atoms with E-state index < -0.39 is 0 Å². The molecule has 0 fully saturated rings. The Hall–Kier alpha value is -6.12. The molecular weight excluding hydrogens is 558 g/mol. The SMILES string of the molecule is c1ccc(-c2ccc(N(c3ccc4cc5oc6ccccc6c5cc4c3)c3ccc(-c4ccccc4)c4ccccc34)cc2)cc1. The van der Waals surface area contributed by atoms with Crippen LogP contribution in [0.2, 0.25) is 0 Å². The van der Waals surface area contributed by atoms with Gasteiger partial charge < -0.3 is 9.32 Å². The fraction of sp³-hybridized carbons (Fsp3) is 0. The Balaban J connectivity index is 1.26. The van der Waals surface area contributed by atoms with Crippen molar-refractivity contribution >= 4 is 60.5 Å². The fourth-order valence-electron chi connectivity index (χ4n) is 6.80. The maximum atomic E-state index is 6.21. The van der Waals surface area contributed by atoms with Crippen molar-refractivity contribution in [1.29, 1.82) is 0 Å². The quantitative estimate of drug-likeness (QED) is 0.199. The molecule has 0 amide bonds. The van der Waals surface area contributed by atoms with E-state index in [1.807, 2.05) is 12.1 Å². The van der Waals surface area contributed by atoms with E-state index in [0.29, 0.717) is 0 Å². The van der Waals surface area contributed by atoms with Crippen molar-refractivity contribution < 1.29 is 4.42 Å². The van der Waals surface area contributed by atoms with Crippen molar-refractivity contribution in [3.05, 3.63) is 176 Å². The van der Waals surface area contributed by atoms with Gasteiger partial charge in [0, 0.05) is 27.5 Å². The molecular formula is C44H29NO. The molecule has 0 aliphatic rings. The first-order valence-corrected chi connectivity index (χ1v) is 15.7. The third-order valence-corrected chi connectivity index (χ3v) is 9.04. The molecule has 216 valence electrons. The molecule has 2 nitrogen and oxygen atoms in total. The number of fused-ring (bicyclic) bond motifs is 5. The van der Waals surface area contributed by atoms with Gasteiger partial charge in [-0.25, -0.2) is 0 Å². The summed E-state index contributed by atoms with van der Waals surface area (Å²) in [6.45, 7) is 0. The molecule has 2 heteroatoms. The predicted octanol–water partition coefficient (Wildman–Crippen LogP) is 12.7. The highest BCUT2D eigenvalue weighted by Gasteiger charge is 2.18. The minimum atomic E-state index is 0.914.